The zero-order valence-electron chi connectivity index (χ0n) is 20.5. The molecule has 39 heavy (non-hydrogen) atoms. The van der Waals surface area contributed by atoms with Crippen molar-refractivity contribution in [2.24, 2.45) is 4.99 Å². The fourth-order valence-electron chi connectivity index (χ4n) is 4.32. The molecule has 12 heteroatoms. The average Bonchev–Trinajstić information content (AvgIpc) is 3.48. The molecule has 2 aromatic carbocycles. The summed E-state index contributed by atoms with van der Waals surface area (Å²) in [6.45, 7) is 3.57. The van der Waals surface area contributed by atoms with Crippen LogP contribution in [0.15, 0.2) is 80.1 Å². The molecule has 9 nitrogen and oxygen atoms in total. The highest BCUT2D eigenvalue weighted by molar-refractivity contribution is 7.07. The molecule has 0 fully saturated rings. The van der Waals surface area contributed by atoms with Gasteiger partial charge in [0.1, 0.15) is 11.5 Å². The normalized spacial score (nSPS) is 15.2. The molecule has 0 aliphatic carbocycles. The summed E-state index contributed by atoms with van der Waals surface area (Å²) in [6, 6.07) is 13.6. The molecule has 0 saturated carbocycles. The fraction of sp³-hybridized carbons (Fsp3) is 0.148. The van der Waals surface area contributed by atoms with E-state index in [0.717, 1.165) is 11.3 Å². The van der Waals surface area contributed by atoms with Gasteiger partial charge in [-0.1, -0.05) is 46.7 Å². The number of fused-ring (bicyclic) bond motifs is 1. The number of hydrogen-bond donors (Lipinski definition) is 0. The zero-order valence-corrected chi connectivity index (χ0v) is 22.8. The Morgan fingerprint density at radius 3 is 2.59 bits per heavy atom. The third kappa shape index (κ3) is 5.06. The van der Waals surface area contributed by atoms with E-state index in [9.17, 15) is 19.7 Å². The van der Waals surface area contributed by atoms with Crippen LogP contribution in [-0.4, -0.2) is 22.1 Å². The first kappa shape index (κ1) is 26.6. The highest BCUT2D eigenvalue weighted by Crippen LogP contribution is 2.34. The smallest absolute Gasteiger partial charge is 0.338 e. The number of ether oxygens (including phenoxy) is 1. The van der Waals surface area contributed by atoms with Gasteiger partial charge in [0.15, 0.2) is 4.80 Å². The van der Waals surface area contributed by atoms with Gasteiger partial charge in [-0.25, -0.2) is 9.79 Å². The van der Waals surface area contributed by atoms with E-state index in [-0.39, 0.29) is 39.8 Å². The van der Waals surface area contributed by atoms with Crippen LogP contribution in [-0.2, 0) is 9.53 Å². The second-order valence-electron chi connectivity index (χ2n) is 8.47. The van der Waals surface area contributed by atoms with Crippen LogP contribution in [0, 0.1) is 10.1 Å². The first-order chi connectivity index (χ1) is 18.7. The number of aromatic nitrogens is 1. The van der Waals surface area contributed by atoms with Gasteiger partial charge in [0.05, 0.1) is 38.9 Å². The summed E-state index contributed by atoms with van der Waals surface area (Å²) in [5, 5.41) is 12.3. The standard InChI is InChI=1S/C27H19Cl2N3O6S/c1-3-37-26(34)23-14(2)30-27-31(24(23)15-4-6-16(28)7-5-15)25(33)22(39-27)13-18-9-11-21(38-18)19-10-8-17(29)12-20(19)32(35)36/h4-13,24H,3H2,1-2H3/b22-13+. The molecule has 0 radical (unpaired) electrons. The monoisotopic (exact) mass is 583 g/mol. The van der Waals surface area contributed by atoms with Gasteiger partial charge in [0.2, 0.25) is 0 Å². The molecule has 1 unspecified atom stereocenters. The van der Waals surface area contributed by atoms with E-state index < -0.39 is 16.9 Å². The predicted molar refractivity (Wildman–Crippen MR) is 148 cm³/mol. The molecule has 0 bridgehead atoms. The van der Waals surface area contributed by atoms with Gasteiger partial charge in [0.25, 0.3) is 11.2 Å². The van der Waals surface area contributed by atoms with Crippen molar-refractivity contribution in [1.29, 1.82) is 0 Å². The van der Waals surface area contributed by atoms with Crippen molar-refractivity contribution in [3.63, 3.8) is 0 Å². The van der Waals surface area contributed by atoms with E-state index >= 15 is 0 Å². The van der Waals surface area contributed by atoms with Crippen molar-refractivity contribution in [3.8, 4) is 11.3 Å². The lowest BCUT2D eigenvalue weighted by Crippen LogP contribution is -2.39. The Balaban J connectivity index is 1.63. The minimum Gasteiger partial charge on any atom is -0.463 e. The van der Waals surface area contributed by atoms with E-state index in [1.807, 2.05) is 0 Å². The SMILES string of the molecule is CCOC(=O)C1=C(C)N=c2s/c(=C/c3ccc(-c4ccc(Cl)cc4[N+](=O)[O-])o3)c(=O)n2C1c1ccc(Cl)cc1. The number of hydrogen-bond acceptors (Lipinski definition) is 8. The van der Waals surface area contributed by atoms with Crippen LogP contribution in [0.2, 0.25) is 10.0 Å². The molecule has 1 aliphatic heterocycles. The fourth-order valence-corrected chi connectivity index (χ4v) is 5.64. The minimum absolute atomic E-state index is 0.167. The third-order valence-corrected chi connectivity index (χ3v) is 7.49. The Labute approximate surface area is 235 Å². The third-order valence-electron chi connectivity index (χ3n) is 6.02. The van der Waals surface area contributed by atoms with Crippen LogP contribution >= 0.6 is 34.5 Å². The highest BCUT2D eigenvalue weighted by atomic mass is 35.5. The number of rotatable bonds is 6. The summed E-state index contributed by atoms with van der Waals surface area (Å²) in [6.07, 6.45) is 1.54. The van der Waals surface area contributed by atoms with Crippen LogP contribution in [0.5, 0.6) is 0 Å². The molecule has 4 aromatic rings. The summed E-state index contributed by atoms with van der Waals surface area (Å²) in [7, 11) is 0. The summed E-state index contributed by atoms with van der Waals surface area (Å²) in [5.41, 5.74) is 1.03. The maximum atomic E-state index is 13.7. The second kappa shape index (κ2) is 10.6. The molecule has 0 spiro atoms. The Kier molecular flexibility index (Phi) is 7.26. The van der Waals surface area contributed by atoms with Crippen molar-refractivity contribution in [2.75, 3.05) is 6.61 Å². The van der Waals surface area contributed by atoms with E-state index in [0.29, 0.717) is 31.4 Å². The number of nitrogens with zero attached hydrogens (tertiary/aromatic N) is 3. The molecule has 1 aliphatic rings. The predicted octanol–water partition coefficient (Wildman–Crippen LogP) is 5.27. The Morgan fingerprint density at radius 2 is 1.90 bits per heavy atom. The van der Waals surface area contributed by atoms with Gasteiger partial charge < -0.3 is 9.15 Å². The van der Waals surface area contributed by atoms with Crippen LogP contribution in [0.3, 0.4) is 0 Å². The number of benzene rings is 2. The van der Waals surface area contributed by atoms with Crippen molar-refractivity contribution in [2.45, 2.75) is 19.9 Å². The van der Waals surface area contributed by atoms with Crippen LogP contribution < -0.4 is 14.9 Å². The lowest BCUT2D eigenvalue weighted by Gasteiger charge is -2.24. The van der Waals surface area contributed by atoms with Gasteiger partial charge in [-0.05, 0) is 55.8 Å². The van der Waals surface area contributed by atoms with Gasteiger partial charge in [0, 0.05) is 22.2 Å². The van der Waals surface area contributed by atoms with Gasteiger partial charge in [-0.15, -0.1) is 0 Å². The van der Waals surface area contributed by atoms with E-state index in [4.69, 9.17) is 32.4 Å². The molecular formula is C27H19Cl2N3O6S. The van der Waals surface area contributed by atoms with Crippen molar-refractivity contribution < 1.29 is 18.9 Å². The lowest BCUT2D eigenvalue weighted by molar-refractivity contribution is -0.384. The number of esters is 1. The largest absolute Gasteiger partial charge is 0.463 e. The van der Waals surface area contributed by atoms with Crippen molar-refractivity contribution in [1.82, 2.24) is 4.57 Å². The summed E-state index contributed by atoms with van der Waals surface area (Å²) < 4.78 is 12.9. The van der Waals surface area contributed by atoms with E-state index in [2.05, 4.69) is 4.99 Å². The van der Waals surface area contributed by atoms with E-state index in [1.54, 1.807) is 50.2 Å². The molecule has 3 heterocycles. The number of furan rings is 1. The summed E-state index contributed by atoms with van der Waals surface area (Å²) in [5.74, 6) is -0.00558. The average molecular weight is 584 g/mol. The molecule has 0 amide bonds. The summed E-state index contributed by atoms with van der Waals surface area (Å²) in [4.78, 5) is 42.6. The molecule has 1 atom stereocenters. The van der Waals surface area contributed by atoms with Crippen LogP contribution in [0.25, 0.3) is 17.4 Å². The molecule has 2 aromatic heterocycles. The number of nitro groups is 1. The second-order valence-corrected chi connectivity index (χ2v) is 10.4. The number of carbonyl (C=O) groups excluding carboxylic acids is 1. The number of halogens is 2. The maximum absolute atomic E-state index is 13.7. The molecule has 0 saturated heterocycles. The Morgan fingerprint density at radius 1 is 1.18 bits per heavy atom. The van der Waals surface area contributed by atoms with Crippen molar-refractivity contribution in [3.05, 3.63) is 117 Å². The van der Waals surface area contributed by atoms with Gasteiger partial charge in [-0.2, -0.15) is 0 Å². The molecular weight excluding hydrogens is 565 g/mol. The van der Waals surface area contributed by atoms with Crippen molar-refractivity contribution >= 4 is 52.3 Å². The van der Waals surface area contributed by atoms with Gasteiger partial charge >= 0.3 is 5.97 Å². The van der Waals surface area contributed by atoms with Crippen LogP contribution in [0.1, 0.15) is 31.2 Å². The first-order valence-corrected chi connectivity index (χ1v) is 13.2. The highest BCUT2D eigenvalue weighted by Gasteiger charge is 2.33. The number of thiazole rings is 1. The molecule has 5 rings (SSSR count). The lowest BCUT2D eigenvalue weighted by atomic mass is 9.96. The quantitative estimate of drug-likeness (QED) is 0.173. The molecule has 198 valence electrons. The Hall–Kier alpha value is -3.99. The minimum atomic E-state index is -0.774. The molecule has 0 N–H and O–H groups in total. The topological polar surface area (TPSA) is 117 Å². The number of carbonyl (C=O) groups is 1. The van der Waals surface area contributed by atoms with E-state index in [1.165, 1.54) is 28.8 Å². The maximum Gasteiger partial charge on any atom is 0.338 e. The summed E-state index contributed by atoms with van der Waals surface area (Å²) >= 11 is 13.1. The van der Waals surface area contributed by atoms with Gasteiger partial charge in [-0.3, -0.25) is 19.5 Å². The first-order valence-electron chi connectivity index (χ1n) is 11.7. The number of nitro benzene ring substituents is 1. The zero-order chi connectivity index (χ0) is 27.8. The van der Waals surface area contributed by atoms with Crippen LogP contribution in [0.4, 0.5) is 5.69 Å². The Bertz CT molecular complexity index is 1840. The number of allylic oxidation sites excluding steroid dienone is 1.